The molecule has 25 heavy (non-hydrogen) atoms. The van der Waals surface area contributed by atoms with Gasteiger partial charge in [0.15, 0.2) is 11.5 Å². The lowest BCUT2D eigenvalue weighted by molar-refractivity contribution is -0.146. The van der Waals surface area contributed by atoms with Gasteiger partial charge in [-0.1, -0.05) is 12.1 Å². The standard InChI is InChI=1S/C14H8F3N7O/c15-14(16,17)13-22-20-10-4-5-11(23-24(10)13)25-9-3-1-2-8(6-9)12-18-7-19-21-12/h1-7H,(H,18,19,21). The number of alkyl halides is 3. The molecule has 3 aromatic heterocycles. The van der Waals surface area contributed by atoms with Crippen LogP contribution < -0.4 is 4.74 Å². The number of hydrogen-bond acceptors (Lipinski definition) is 6. The summed E-state index contributed by atoms with van der Waals surface area (Å²) in [5, 5.41) is 16.8. The van der Waals surface area contributed by atoms with Gasteiger partial charge < -0.3 is 4.74 Å². The molecule has 0 unspecified atom stereocenters. The molecule has 0 aliphatic carbocycles. The highest BCUT2D eigenvalue weighted by Crippen LogP contribution is 2.29. The average Bonchev–Trinajstić information content (AvgIpc) is 3.24. The van der Waals surface area contributed by atoms with Crippen molar-refractivity contribution in [3.63, 3.8) is 0 Å². The summed E-state index contributed by atoms with van der Waals surface area (Å²) in [6.07, 6.45) is -3.31. The van der Waals surface area contributed by atoms with Crippen molar-refractivity contribution in [3.05, 3.63) is 48.5 Å². The van der Waals surface area contributed by atoms with Gasteiger partial charge in [-0.15, -0.1) is 15.3 Å². The van der Waals surface area contributed by atoms with Gasteiger partial charge in [-0.05, 0) is 18.2 Å². The Hall–Kier alpha value is -3.50. The molecule has 3 heterocycles. The van der Waals surface area contributed by atoms with E-state index in [2.05, 4.69) is 30.5 Å². The van der Waals surface area contributed by atoms with E-state index in [0.29, 0.717) is 21.7 Å². The fourth-order valence-corrected chi connectivity index (χ4v) is 2.18. The van der Waals surface area contributed by atoms with Crippen LogP contribution >= 0.6 is 0 Å². The number of H-pyrrole nitrogens is 1. The van der Waals surface area contributed by atoms with E-state index in [4.69, 9.17) is 4.74 Å². The van der Waals surface area contributed by atoms with Crippen molar-refractivity contribution in [1.29, 1.82) is 0 Å². The Morgan fingerprint density at radius 1 is 1.08 bits per heavy atom. The molecule has 0 bridgehead atoms. The molecule has 0 fully saturated rings. The Bertz CT molecular complexity index is 1030. The Labute approximate surface area is 137 Å². The summed E-state index contributed by atoms with van der Waals surface area (Å²) in [6, 6.07) is 9.54. The second kappa shape index (κ2) is 5.54. The van der Waals surface area contributed by atoms with Gasteiger partial charge in [-0.3, -0.25) is 5.10 Å². The first kappa shape index (κ1) is 15.1. The highest BCUT2D eigenvalue weighted by molar-refractivity contribution is 5.57. The zero-order valence-corrected chi connectivity index (χ0v) is 12.3. The molecule has 0 aliphatic heterocycles. The van der Waals surface area contributed by atoms with Crippen LogP contribution in [0.15, 0.2) is 42.7 Å². The Kier molecular flexibility index (Phi) is 3.34. The molecule has 4 rings (SSSR count). The third kappa shape index (κ3) is 2.86. The van der Waals surface area contributed by atoms with Crippen molar-refractivity contribution in [3.8, 4) is 23.0 Å². The molecule has 1 aromatic carbocycles. The van der Waals surface area contributed by atoms with E-state index in [1.807, 2.05) is 0 Å². The van der Waals surface area contributed by atoms with Crippen molar-refractivity contribution in [2.24, 2.45) is 0 Å². The lowest BCUT2D eigenvalue weighted by Gasteiger charge is -2.07. The maximum atomic E-state index is 12.9. The number of fused-ring (bicyclic) bond motifs is 1. The minimum absolute atomic E-state index is 0.0323. The van der Waals surface area contributed by atoms with Gasteiger partial charge in [0, 0.05) is 11.6 Å². The van der Waals surface area contributed by atoms with Crippen LogP contribution in [0.25, 0.3) is 17.0 Å². The van der Waals surface area contributed by atoms with Crippen LogP contribution in [0.3, 0.4) is 0 Å². The molecule has 0 saturated heterocycles. The number of aromatic nitrogens is 7. The largest absolute Gasteiger partial charge is 0.453 e. The number of rotatable bonds is 3. The third-order valence-electron chi connectivity index (χ3n) is 3.24. The van der Waals surface area contributed by atoms with E-state index < -0.39 is 12.0 Å². The molecule has 126 valence electrons. The number of aromatic amines is 1. The van der Waals surface area contributed by atoms with E-state index in [1.165, 1.54) is 18.5 Å². The normalized spacial score (nSPS) is 11.8. The van der Waals surface area contributed by atoms with Crippen molar-refractivity contribution >= 4 is 5.65 Å². The van der Waals surface area contributed by atoms with E-state index in [0.717, 1.165) is 0 Å². The number of benzene rings is 1. The third-order valence-corrected chi connectivity index (χ3v) is 3.24. The first-order valence-corrected chi connectivity index (χ1v) is 6.94. The summed E-state index contributed by atoms with van der Waals surface area (Å²) < 4.78 is 44.8. The second-order valence-electron chi connectivity index (χ2n) is 4.93. The summed E-state index contributed by atoms with van der Waals surface area (Å²) in [4.78, 5) is 4.02. The molecule has 11 heteroatoms. The molecule has 0 aliphatic rings. The van der Waals surface area contributed by atoms with Gasteiger partial charge in [0.1, 0.15) is 12.1 Å². The highest BCUT2D eigenvalue weighted by Gasteiger charge is 2.37. The Morgan fingerprint density at radius 3 is 2.72 bits per heavy atom. The van der Waals surface area contributed by atoms with Crippen molar-refractivity contribution in [1.82, 2.24) is 35.0 Å². The molecule has 0 radical (unpaired) electrons. The van der Waals surface area contributed by atoms with Crippen molar-refractivity contribution in [2.75, 3.05) is 0 Å². The number of halogens is 3. The molecule has 1 N–H and O–H groups in total. The minimum atomic E-state index is -4.67. The summed E-state index contributed by atoms with van der Waals surface area (Å²) in [5.41, 5.74) is 0.673. The van der Waals surface area contributed by atoms with Crippen molar-refractivity contribution < 1.29 is 17.9 Å². The molecule has 0 atom stereocenters. The van der Waals surface area contributed by atoms with E-state index in [-0.39, 0.29) is 11.5 Å². The van der Waals surface area contributed by atoms with Crippen LogP contribution in [-0.2, 0) is 6.18 Å². The maximum Gasteiger partial charge on any atom is 0.453 e. The van der Waals surface area contributed by atoms with E-state index in [1.54, 1.807) is 24.3 Å². The smallest absolute Gasteiger partial charge is 0.438 e. The topological polar surface area (TPSA) is 93.9 Å². The number of hydrogen-bond donors (Lipinski definition) is 1. The molecular formula is C14H8F3N7O. The molecule has 4 aromatic rings. The SMILES string of the molecule is FC(F)(F)c1nnc2ccc(Oc3cccc(-c4ncn[nH]4)c3)nn12. The summed E-state index contributed by atoms with van der Waals surface area (Å²) in [7, 11) is 0. The lowest BCUT2D eigenvalue weighted by Crippen LogP contribution is -2.12. The summed E-state index contributed by atoms with van der Waals surface area (Å²) in [6.45, 7) is 0. The predicted molar refractivity (Wildman–Crippen MR) is 77.7 cm³/mol. The van der Waals surface area contributed by atoms with Gasteiger partial charge in [-0.25, -0.2) is 4.98 Å². The average molecular weight is 347 g/mol. The highest BCUT2D eigenvalue weighted by atomic mass is 19.4. The molecule has 0 saturated carbocycles. The number of nitrogens with zero attached hydrogens (tertiary/aromatic N) is 6. The van der Waals surface area contributed by atoms with Gasteiger partial charge in [0.05, 0.1) is 0 Å². The quantitative estimate of drug-likeness (QED) is 0.612. The monoisotopic (exact) mass is 347 g/mol. The van der Waals surface area contributed by atoms with Crippen LogP contribution in [0.4, 0.5) is 13.2 Å². The zero-order chi connectivity index (χ0) is 17.4. The van der Waals surface area contributed by atoms with Crippen LogP contribution in [0.5, 0.6) is 11.6 Å². The first-order valence-electron chi connectivity index (χ1n) is 6.94. The second-order valence-corrected chi connectivity index (χ2v) is 4.93. The maximum absolute atomic E-state index is 12.9. The van der Waals surface area contributed by atoms with E-state index >= 15 is 0 Å². The van der Waals surface area contributed by atoms with Gasteiger partial charge >= 0.3 is 6.18 Å². The van der Waals surface area contributed by atoms with Crippen LogP contribution in [0.1, 0.15) is 5.82 Å². The predicted octanol–water partition coefficient (Wildman–Crippen LogP) is 2.72. The van der Waals surface area contributed by atoms with Crippen LogP contribution in [-0.4, -0.2) is 35.0 Å². The summed E-state index contributed by atoms with van der Waals surface area (Å²) >= 11 is 0. The van der Waals surface area contributed by atoms with Crippen LogP contribution in [0, 0.1) is 0 Å². The minimum Gasteiger partial charge on any atom is -0.438 e. The number of ether oxygens (including phenoxy) is 1. The zero-order valence-electron chi connectivity index (χ0n) is 12.3. The lowest BCUT2D eigenvalue weighted by atomic mass is 10.2. The summed E-state index contributed by atoms with van der Waals surface area (Å²) in [5.74, 6) is -0.342. The van der Waals surface area contributed by atoms with Gasteiger partial charge in [-0.2, -0.15) is 22.8 Å². The van der Waals surface area contributed by atoms with Gasteiger partial charge in [0.2, 0.25) is 5.88 Å². The molecular weight excluding hydrogens is 339 g/mol. The number of nitrogens with one attached hydrogen (secondary N) is 1. The Morgan fingerprint density at radius 2 is 1.96 bits per heavy atom. The fourth-order valence-electron chi connectivity index (χ4n) is 2.18. The molecule has 0 amide bonds. The first-order chi connectivity index (χ1) is 12.0. The fraction of sp³-hybridized carbons (Fsp3) is 0.0714. The van der Waals surface area contributed by atoms with E-state index in [9.17, 15) is 13.2 Å². The Balaban J connectivity index is 1.68. The molecule has 0 spiro atoms. The van der Waals surface area contributed by atoms with Crippen molar-refractivity contribution in [2.45, 2.75) is 6.18 Å². The van der Waals surface area contributed by atoms with Crippen LogP contribution in [0.2, 0.25) is 0 Å². The molecule has 8 nitrogen and oxygen atoms in total. The van der Waals surface area contributed by atoms with Gasteiger partial charge in [0.25, 0.3) is 5.82 Å².